The fraction of sp³-hybridized carbons (Fsp3) is 0.200. The van der Waals surface area contributed by atoms with Crippen molar-refractivity contribution in [2.75, 3.05) is 11.4 Å². The minimum Gasteiger partial charge on any atom is -0.504 e. The third-order valence-electron chi connectivity index (χ3n) is 4.69. The van der Waals surface area contributed by atoms with Crippen LogP contribution in [0, 0.1) is 6.92 Å². The molecule has 4 rings (SSSR count). The van der Waals surface area contributed by atoms with Crippen molar-refractivity contribution in [3.8, 4) is 28.6 Å². The van der Waals surface area contributed by atoms with E-state index in [1.165, 1.54) is 18.2 Å². The summed E-state index contributed by atoms with van der Waals surface area (Å²) in [6.07, 6.45) is 1.14. The molecule has 1 fully saturated rings. The second-order valence-corrected chi connectivity index (χ2v) is 6.62. The molecular weight excluding hydrogens is 350 g/mol. The van der Waals surface area contributed by atoms with Gasteiger partial charge in [0.15, 0.2) is 22.8 Å². The van der Waals surface area contributed by atoms with E-state index in [1.807, 2.05) is 0 Å². The number of carbonyl (C=O) groups excluding carboxylic acids is 1. The first kappa shape index (κ1) is 17.0. The topological polar surface area (TPSA) is 111 Å². The zero-order valence-corrected chi connectivity index (χ0v) is 14.5. The van der Waals surface area contributed by atoms with Gasteiger partial charge in [-0.1, -0.05) is 0 Å². The maximum Gasteiger partial charge on any atom is 0.235 e. The molecule has 0 unspecified atom stereocenters. The fourth-order valence-electron chi connectivity index (χ4n) is 3.37. The highest BCUT2D eigenvalue weighted by Crippen LogP contribution is 2.38. The van der Waals surface area contributed by atoms with Gasteiger partial charge in [0.25, 0.3) is 0 Å². The van der Waals surface area contributed by atoms with Crippen LogP contribution in [-0.2, 0) is 4.79 Å². The fourth-order valence-corrected chi connectivity index (χ4v) is 3.37. The van der Waals surface area contributed by atoms with Gasteiger partial charge in [-0.15, -0.1) is 0 Å². The molecule has 1 aliphatic rings. The Bertz CT molecular complexity index is 1150. The molecule has 0 saturated carbocycles. The van der Waals surface area contributed by atoms with E-state index in [0.29, 0.717) is 18.7 Å². The number of hydrogen-bond donors (Lipinski definition) is 3. The number of phenols is 2. The predicted molar refractivity (Wildman–Crippen MR) is 99.2 cm³/mol. The van der Waals surface area contributed by atoms with E-state index in [1.54, 1.807) is 24.0 Å². The van der Waals surface area contributed by atoms with Crippen molar-refractivity contribution < 1.29 is 24.5 Å². The summed E-state index contributed by atoms with van der Waals surface area (Å²) in [6.45, 7) is 2.32. The molecule has 3 N–H and O–H groups in total. The van der Waals surface area contributed by atoms with Crippen molar-refractivity contribution in [3.63, 3.8) is 0 Å². The van der Waals surface area contributed by atoms with Gasteiger partial charge in [-0.05, 0) is 49.2 Å². The summed E-state index contributed by atoms with van der Waals surface area (Å²) in [5, 5.41) is 29.8. The number of benzene rings is 2. The van der Waals surface area contributed by atoms with Gasteiger partial charge in [0.1, 0.15) is 0 Å². The number of anilines is 1. The highest BCUT2D eigenvalue weighted by Gasteiger charge is 2.27. The zero-order chi connectivity index (χ0) is 19.3. The van der Waals surface area contributed by atoms with Gasteiger partial charge in [-0.2, -0.15) is 0 Å². The van der Waals surface area contributed by atoms with Crippen LogP contribution >= 0.6 is 0 Å². The smallest absolute Gasteiger partial charge is 0.235 e. The predicted octanol–water partition coefficient (Wildman–Crippen LogP) is 3.01. The van der Waals surface area contributed by atoms with Crippen LogP contribution in [-0.4, -0.2) is 27.8 Å². The number of hydrogen-bond acceptors (Lipinski definition) is 6. The van der Waals surface area contributed by atoms with Crippen LogP contribution in [0.25, 0.3) is 22.3 Å². The maximum absolute atomic E-state index is 12.7. The van der Waals surface area contributed by atoms with Crippen molar-refractivity contribution in [1.82, 2.24) is 0 Å². The largest absolute Gasteiger partial charge is 0.504 e. The molecule has 7 heteroatoms. The molecule has 27 heavy (non-hydrogen) atoms. The summed E-state index contributed by atoms with van der Waals surface area (Å²) < 4.78 is 5.86. The van der Waals surface area contributed by atoms with Crippen LogP contribution in [0.5, 0.6) is 17.2 Å². The van der Waals surface area contributed by atoms with Crippen molar-refractivity contribution >= 4 is 22.6 Å². The minimum absolute atomic E-state index is 0.0542. The number of nitrogens with zero attached hydrogens (tertiary/aromatic N) is 1. The van der Waals surface area contributed by atoms with E-state index in [9.17, 15) is 24.9 Å². The molecule has 2 heterocycles. The highest BCUT2D eigenvalue weighted by atomic mass is 16.4. The van der Waals surface area contributed by atoms with Gasteiger partial charge in [-0.25, -0.2) is 0 Å². The molecule has 1 saturated heterocycles. The SMILES string of the molecule is Cc1cc(N2CCCC2=O)c2oc(-c3ccc(O)c(O)c3)c(O)c(=O)c2c1. The molecule has 1 aliphatic heterocycles. The van der Waals surface area contributed by atoms with Crippen molar-refractivity contribution in [2.45, 2.75) is 19.8 Å². The van der Waals surface area contributed by atoms with E-state index in [-0.39, 0.29) is 33.9 Å². The molecule has 7 nitrogen and oxygen atoms in total. The van der Waals surface area contributed by atoms with Gasteiger partial charge >= 0.3 is 0 Å². The molecule has 0 radical (unpaired) electrons. The lowest BCUT2D eigenvalue weighted by Crippen LogP contribution is -2.24. The molecule has 0 aliphatic carbocycles. The van der Waals surface area contributed by atoms with E-state index in [2.05, 4.69) is 0 Å². The Morgan fingerprint density at radius 2 is 1.81 bits per heavy atom. The van der Waals surface area contributed by atoms with Gasteiger partial charge < -0.3 is 24.6 Å². The monoisotopic (exact) mass is 367 g/mol. The Hall–Kier alpha value is -3.48. The van der Waals surface area contributed by atoms with Crippen molar-refractivity contribution in [2.24, 2.45) is 0 Å². The van der Waals surface area contributed by atoms with E-state index in [0.717, 1.165) is 12.0 Å². The third kappa shape index (κ3) is 2.68. The normalized spacial score (nSPS) is 14.3. The summed E-state index contributed by atoms with van der Waals surface area (Å²) in [4.78, 5) is 26.5. The number of aromatic hydroxyl groups is 3. The highest BCUT2D eigenvalue weighted by molar-refractivity contribution is 6.03. The molecule has 0 spiro atoms. The molecule has 0 bridgehead atoms. The first-order chi connectivity index (χ1) is 12.9. The number of rotatable bonds is 2. The second-order valence-electron chi connectivity index (χ2n) is 6.62. The Kier molecular flexibility index (Phi) is 3.80. The molecule has 1 amide bonds. The summed E-state index contributed by atoms with van der Waals surface area (Å²) in [5.41, 5.74) is 1.03. The standard InChI is InChI=1S/C20H17NO6/c1-10-7-12-17(25)18(26)19(11-4-5-14(22)15(23)9-11)27-20(12)13(8-10)21-6-2-3-16(21)24/h4-5,7-9,22-23,26H,2-3,6H2,1H3. The average molecular weight is 367 g/mol. The number of aryl methyl sites for hydroxylation is 1. The summed E-state index contributed by atoms with van der Waals surface area (Å²) in [6, 6.07) is 7.20. The van der Waals surface area contributed by atoms with E-state index < -0.39 is 16.9 Å². The van der Waals surface area contributed by atoms with Crippen LogP contribution in [0.2, 0.25) is 0 Å². The van der Waals surface area contributed by atoms with Crippen LogP contribution in [0.1, 0.15) is 18.4 Å². The molecule has 138 valence electrons. The van der Waals surface area contributed by atoms with E-state index >= 15 is 0 Å². The number of amides is 1. The van der Waals surface area contributed by atoms with Crippen molar-refractivity contribution in [1.29, 1.82) is 0 Å². The Labute approximate surface area is 153 Å². The Morgan fingerprint density at radius 1 is 1.04 bits per heavy atom. The van der Waals surface area contributed by atoms with Gasteiger partial charge in [0.05, 0.1) is 11.1 Å². The molecule has 3 aromatic rings. The number of fused-ring (bicyclic) bond motifs is 1. The molecule has 2 aromatic carbocycles. The zero-order valence-electron chi connectivity index (χ0n) is 14.5. The quantitative estimate of drug-likeness (QED) is 0.601. The maximum atomic E-state index is 12.7. The Balaban J connectivity index is 2.03. The van der Waals surface area contributed by atoms with Crippen LogP contribution < -0.4 is 10.3 Å². The summed E-state index contributed by atoms with van der Waals surface area (Å²) in [5.74, 6) is -1.54. The Morgan fingerprint density at radius 3 is 2.48 bits per heavy atom. The summed E-state index contributed by atoms with van der Waals surface area (Å²) >= 11 is 0. The van der Waals surface area contributed by atoms with Gasteiger partial charge in [-0.3, -0.25) is 9.59 Å². The third-order valence-corrected chi connectivity index (χ3v) is 4.69. The molecule has 0 atom stereocenters. The molecule has 1 aromatic heterocycles. The van der Waals surface area contributed by atoms with E-state index in [4.69, 9.17) is 4.42 Å². The minimum atomic E-state index is -0.629. The molecular formula is C20H17NO6. The van der Waals surface area contributed by atoms with Crippen LogP contribution in [0.15, 0.2) is 39.5 Å². The summed E-state index contributed by atoms with van der Waals surface area (Å²) in [7, 11) is 0. The number of phenolic OH excluding ortho intramolecular Hbond substituents is 2. The van der Waals surface area contributed by atoms with Gasteiger partial charge in [0, 0.05) is 18.5 Å². The first-order valence-corrected chi connectivity index (χ1v) is 8.50. The first-order valence-electron chi connectivity index (χ1n) is 8.50. The van der Waals surface area contributed by atoms with Crippen LogP contribution in [0.4, 0.5) is 5.69 Å². The second kappa shape index (κ2) is 6.05. The lowest BCUT2D eigenvalue weighted by atomic mass is 10.1. The number of carbonyl (C=O) groups is 1. The lowest BCUT2D eigenvalue weighted by molar-refractivity contribution is -0.117. The van der Waals surface area contributed by atoms with Crippen LogP contribution in [0.3, 0.4) is 0 Å². The van der Waals surface area contributed by atoms with Gasteiger partial charge in [0.2, 0.25) is 17.1 Å². The lowest BCUT2D eigenvalue weighted by Gasteiger charge is -2.18. The average Bonchev–Trinajstić information content (AvgIpc) is 3.06. The van der Waals surface area contributed by atoms with Crippen molar-refractivity contribution in [3.05, 3.63) is 46.1 Å².